The lowest BCUT2D eigenvalue weighted by molar-refractivity contribution is -0.134. The topological polar surface area (TPSA) is 49.6 Å². The minimum atomic E-state index is 0.0356. The number of amides is 1. The van der Waals surface area contributed by atoms with Gasteiger partial charge < -0.3 is 10.6 Å². The number of likely N-dealkylation sites (tertiary alicyclic amines) is 1. The van der Waals surface area contributed by atoms with Crippen molar-refractivity contribution >= 4 is 5.91 Å². The van der Waals surface area contributed by atoms with Gasteiger partial charge in [0.1, 0.15) is 0 Å². The van der Waals surface area contributed by atoms with Crippen LogP contribution < -0.4 is 5.73 Å². The van der Waals surface area contributed by atoms with Gasteiger partial charge in [-0.1, -0.05) is 0 Å². The number of hydrogen-bond donors (Lipinski definition) is 1. The highest BCUT2D eigenvalue weighted by atomic mass is 16.2. The van der Waals surface area contributed by atoms with Crippen LogP contribution in [0.15, 0.2) is 0 Å². The standard InChI is InChI=1S/C9H19N3O/c1-7(2)12-5-8(6-12)11(3)9(13)4-10/h7-8H,4-6,10H2,1-3H3. The molecule has 1 fully saturated rings. The van der Waals surface area contributed by atoms with Crippen LogP contribution in [-0.2, 0) is 4.79 Å². The normalized spacial score (nSPS) is 18.8. The average Bonchev–Trinajstić information content (AvgIpc) is 1.99. The average molecular weight is 185 g/mol. The number of hydrogen-bond acceptors (Lipinski definition) is 3. The van der Waals surface area contributed by atoms with Crippen molar-refractivity contribution in [2.75, 3.05) is 26.7 Å². The molecule has 1 saturated heterocycles. The number of nitrogens with two attached hydrogens (primary N) is 1. The summed E-state index contributed by atoms with van der Waals surface area (Å²) in [5.74, 6) is 0.0356. The van der Waals surface area contributed by atoms with Gasteiger partial charge in [0.2, 0.25) is 5.91 Å². The van der Waals surface area contributed by atoms with Gasteiger partial charge in [-0.15, -0.1) is 0 Å². The van der Waals surface area contributed by atoms with Crippen LogP contribution in [0.1, 0.15) is 13.8 Å². The van der Waals surface area contributed by atoms with Crippen molar-refractivity contribution < 1.29 is 4.79 Å². The van der Waals surface area contributed by atoms with Crippen LogP contribution in [0.25, 0.3) is 0 Å². The summed E-state index contributed by atoms with van der Waals surface area (Å²) in [4.78, 5) is 15.3. The molecule has 0 unspecified atom stereocenters. The van der Waals surface area contributed by atoms with E-state index >= 15 is 0 Å². The van der Waals surface area contributed by atoms with E-state index in [4.69, 9.17) is 5.73 Å². The summed E-state index contributed by atoms with van der Waals surface area (Å²) in [5, 5.41) is 0. The minimum Gasteiger partial charge on any atom is -0.339 e. The molecule has 1 heterocycles. The molecule has 0 aliphatic carbocycles. The van der Waals surface area contributed by atoms with Gasteiger partial charge in [0.15, 0.2) is 0 Å². The molecule has 0 aromatic heterocycles. The van der Waals surface area contributed by atoms with Crippen molar-refractivity contribution in [2.45, 2.75) is 25.9 Å². The molecule has 13 heavy (non-hydrogen) atoms. The van der Waals surface area contributed by atoms with Crippen LogP contribution in [-0.4, -0.2) is 54.5 Å². The van der Waals surface area contributed by atoms with E-state index in [2.05, 4.69) is 18.7 Å². The smallest absolute Gasteiger partial charge is 0.236 e. The second-order valence-electron chi connectivity index (χ2n) is 3.91. The van der Waals surface area contributed by atoms with E-state index in [1.807, 2.05) is 7.05 Å². The fraction of sp³-hybridized carbons (Fsp3) is 0.889. The lowest BCUT2D eigenvalue weighted by Crippen LogP contribution is -2.62. The molecule has 1 aliphatic rings. The number of carbonyl (C=O) groups excluding carboxylic acids is 1. The zero-order valence-corrected chi connectivity index (χ0v) is 8.66. The number of likely N-dealkylation sites (N-methyl/N-ethyl adjacent to an activating group) is 1. The van der Waals surface area contributed by atoms with Gasteiger partial charge in [0, 0.05) is 26.2 Å². The van der Waals surface area contributed by atoms with E-state index in [-0.39, 0.29) is 12.5 Å². The number of rotatable bonds is 3. The van der Waals surface area contributed by atoms with Crippen molar-refractivity contribution in [2.24, 2.45) is 5.73 Å². The molecule has 4 heteroatoms. The fourth-order valence-corrected chi connectivity index (χ4v) is 1.50. The van der Waals surface area contributed by atoms with Crippen molar-refractivity contribution in [1.82, 2.24) is 9.80 Å². The van der Waals surface area contributed by atoms with E-state index in [0.717, 1.165) is 13.1 Å². The van der Waals surface area contributed by atoms with Gasteiger partial charge in [0.25, 0.3) is 0 Å². The Morgan fingerprint density at radius 2 is 2.15 bits per heavy atom. The second-order valence-corrected chi connectivity index (χ2v) is 3.91. The minimum absolute atomic E-state index is 0.0356. The van der Waals surface area contributed by atoms with Crippen LogP contribution in [0.2, 0.25) is 0 Å². The second kappa shape index (κ2) is 4.07. The largest absolute Gasteiger partial charge is 0.339 e. The molecule has 0 saturated carbocycles. The fourth-order valence-electron chi connectivity index (χ4n) is 1.50. The summed E-state index contributed by atoms with van der Waals surface area (Å²) in [5.41, 5.74) is 5.28. The Labute approximate surface area is 79.7 Å². The van der Waals surface area contributed by atoms with Crippen molar-refractivity contribution in [1.29, 1.82) is 0 Å². The molecule has 0 aromatic rings. The molecule has 0 bridgehead atoms. The maximum Gasteiger partial charge on any atom is 0.236 e. The van der Waals surface area contributed by atoms with Crippen LogP contribution >= 0.6 is 0 Å². The summed E-state index contributed by atoms with van der Waals surface area (Å²) in [7, 11) is 1.83. The summed E-state index contributed by atoms with van der Waals surface area (Å²) < 4.78 is 0. The zero-order chi connectivity index (χ0) is 10.0. The molecule has 0 aromatic carbocycles. The van der Waals surface area contributed by atoms with E-state index in [1.54, 1.807) is 4.90 Å². The third-order valence-corrected chi connectivity index (χ3v) is 2.74. The number of nitrogens with zero attached hydrogens (tertiary/aromatic N) is 2. The first-order valence-corrected chi connectivity index (χ1v) is 4.76. The molecule has 0 radical (unpaired) electrons. The predicted octanol–water partition coefficient (Wildman–Crippen LogP) is -0.504. The van der Waals surface area contributed by atoms with E-state index in [0.29, 0.717) is 12.1 Å². The van der Waals surface area contributed by atoms with Gasteiger partial charge in [-0.05, 0) is 13.8 Å². The molecular formula is C9H19N3O. The van der Waals surface area contributed by atoms with E-state index in [9.17, 15) is 4.79 Å². The third-order valence-electron chi connectivity index (χ3n) is 2.74. The molecule has 1 amide bonds. The summed E-state index contributed by atoms with van der Waals surface area (Å²) >= 11 is 0. The molecule has 0 spiro atoms. The van der Waals surface area contributed by atoms with Crippen LogP contribution in [0.3, 0.4) is 0 Å². The van der Waals surface area contributed by atoms with Crippen LogP contribution in [0.4, 0.5) is 0 Å². The Bertz CT molecular complexity index is 187. The Morgan fingerprint density at radius 3 is 2.54 bits per heavy atom. The van der Waals surface area contributed by atoms with Crippen LogP contribution in [0.5, 0.6) is 0 Å². The van der Waals surface area contributed by atoms with Gasteiger partial charge >= 0.3 is 0 Å². The van der Waals surface area contributed by atoms with Crippen LogP contribution in [0, 0.1) is 0 Å². The molecule has 1 rings (SSSR count). The molecule has 4 nitrogen and oxygen atoms in total. The van der Waals surface area contributed by atoms with Crippen molar-refractivity contribution in [3.63, 3.8) is 0 Å². The molecule has 76 valence electrons. The zero-order valence-electron chi connectivity index (χ0n) is 8.66. The lowest BCUT2D eigenvalue weighted by atomic mass is 10.1. The molecule has 0 atom stereocenters. The first kappa shape index (κ1) is 10.5. The quantitative estimate of drug-likeness (QED) is 0.644. The van der Waals surface area contributed by atoms with Gasteiger partial charge in [-0.25, -0.2) is 0 Å². The SMILES string of the molecule is CC(C)N1CC(N(C)C(=O)CN)C1. The first-order valence-electron chi connectivity index (χ1n) is 4.76. The predicted molar refractivity (Wildman–Crippen MR) is 52.3 cm³/mol. The van der Waals surface area contributed by atoms with Crippen molar-refractivity contribution in [3.05, 3.63) is 0 Å². The Balaban J connectivity index is 2.30. The highest BCUT2D eigenvalue weighted by Gasteiger charge is 2.32. The van der Waals surface area contributed by atoms with Crippen molar-refractivity contribution in [3.8, 4) is 0 Å². The lowest BCUT2D eigenvalue weighted by Gasteiger charge is -2.46. The monoisotopic (exact) mass is 185 g/mol. The Kier molecular flexibility index (Phi) is 3.27. The Morgan fingerprint density at radius 1 is 1.62 bits per heavy atom. The summed E-state index contributed by atoms with van der Waals surface area (Å²) in [6.07, 6.45) is 0. The number of carbonyl (C=O) groups is 1. The van der Waals surface area contributed by atoms with Gasteiger partial charge in [-0.2, -0.15) is 0 Å². The van der Waals surface area contributed by atoms with Gasteiger partial charge in [-0.3, -0.25) is 9.69 Å². The third kappa shape index (κ3) is 2.19. The maximum absolute atomic E-state index is 11.2. The molecule has 1 aliphatic heterocycles. The Hall–Kier alpha value is -0.610. The molecular weight excluding hydrogens is 166 g/mol. The summed E-state index contributed by atoms with van der Waals surface area (Å²) in [6.45, 7) is 6.43. The first-order chi connectivity index (χ1) is 6.06. The van der Waals surface area contributed by atoms with E-state index < -0.39 is 0 Å². The highest BCUT2D eigenvalue weighted by molar-refractivity contribution is 5.78. The van der Waals surface area contributed by atoms with E-state index in [1.165, 1.54) is 0 Å². The molecule has 2 N–H and O–H groups in total. The highest BCUT2D eigenvalue weighted by Crippen LogP contribution is 2.16. The van der Waals surface area contributed by atoms with Gasteiger partial charge in [0.05, 0.1) is 12.6 Å². The maximum atomic E-state index is 11.2. The summed E-state index contributed by atoms with van der Waals surface area (Å²) in [6, 6.07) is 0.955.